The lowest BCUT2D eigenvalue weighted by molar-refractivity contribution is -0.123. The van der Waals surface area contributed by atoms with Crippen molar-refractivity contribution in [1.29, 1.82) is 0 Å². The number of rotatable bonds is 7. The average Bonchev–Trinajstić information content (AvgIpc) is 2.81. The number of hydrogen-bond donors (Lipinski definition) is 2. The molecule has 3 atom stereocenters. The largest absolute Gasteiger partial charge is 0.388 e. The molecule has 2 aromatic rings. The summed E-state index contributed by atoms with van der Waals surface area (Å²) >= 11 is 0. The fourth-order valence-electron chi connectivity index (χ4n) is 3.81. The Labute approximate surface area is 179 Å². The second kappa shape index (κ2) is 10.6. The van der Waals surface area contributed by atoms with E-state index in [-0.39, 0.29) is 43.8 Å². The lowest BCUT2D eigenvalue weighted by atomic mass is 10.0. The van der Waals surface area contributed by atoms with E-state index in [2.05, 4.69) is 5.32 Å². The number of ketones is 1. The van der Waals surface area contributed by atoms with Crippen molar-refractivity contribution in [2.24, 2.45) is 0 Å². The molecule has 0 saturated heterocycles. The van der Waals surface area contributed by atoms with E-state index in [1.807, 2.05) is 61.5 Å². The van der Waals surface area contributed by atoms with E-state index in [0.717, 1.165) is 23.2 Å². The number of aryl methyl sites for hydroxylation is 1. The second-order valence-corrected chi connectivity index (χ2v) is 7.58. The van der Waals surface area contributed by atoms with Crippen LogP contribution in [0.15, 0.2) is 54.6 Å². The zero-order chi connectivity index (χ0) is 20.1. The number of anilines is 1. The number of benzene rings is 2. The Hall–Kier alpha value is -2.15. The van der Waals surface area contributed by atoms with Crippen LogP contribution in [0.4, 0.5) is 5.69 Å². The molecule has 156 valence electrons. The molecule has 29 heavy (non-hydrogen) atoms. The van der Waals surface area contributed by atoms with Crippen LogP contribution in [-0.4, -0.2) is 35.4 Å². The van der Waals surface area contributed by atoms with Gasteiger partial charge in [0.1, 0.15) is 5.78 Å². The molecule has 1 aliphatic heterocycles. The maximum atomic E-state index is 13.2. The molecule has 0 saturated carbocycles. The molecule has 0 fully saturated rings. The Bertz CT molecular complexity index is 828. The van der Waals surface area contributed by atoms with Crippen molar-refractivity contribution in [1.82, 2.24) is 5.32 Å². The maximum Gasteiger partial charge on any atom is 0.244 e. The van der Waals surface area contributed by atoms with Gasteiger partial charge >= 0.3 is 0 Å². The molecule has 1 heterocycles. The van der Waals surface area contributed by atoms with Gasteiger partial charge in [0.25, 0.3) is 0 Å². The molecule has 2 N–H and O–H groups in total. The highest BCUT2D eigenvalue weighted by molar-refractivity contribution is 7.59. The molecular formula is C23H30N2O3S. The molecule has 0 spiro atoms. The van der Waals surface area contributed by atoms with Crippen LogP contribution in [0.3, 0.4) is 0 Å². The minimum atomic E-state index is -0.588. The summed E-state index contributed by atoms with van der Waals surface area (Å²) in [6.07, 6.45) is 1.35. The van der Waals surface area contributed by atoms with Gasteiger partial charge in [-0.15, -0.1) is 0 Å². The summed E-state index contributed by atoms with van der Waals surface area (Å²) < 4.78 is 0. The van der Waals surface area contributed by atoms with Gasteiger partial charge in [-0.1, -0.05) is 48.5 Å². The van der Waals surface area contributed by atoms with E-state index < -0.39 is 6.10 Å². The summed E-state index contributed by atoms with van der Waals surface area (Å²) in [5.74, 6) is -0.127. The number of nitrogens with zero attached hydrogens (tertiary/aromatic N) is 1. The van der Waals surface area contributed by atoms with Crippen molar-refractivity contribution >= 4 is 30.9 Å². The first-order valence-corrected chi connectivity index (χ1v) is 9.83. The molecule has 0 bridgehead atoms. The number of hydrogen-bond acceptors (Lipinski definition) is 4. The lowest BCUT2D eigenvalue weighted by Gasteiger charge is -2.28. The molecular weight excluding hydrogens is 384 g/mol. The third-order valence-corrected chi connectivity index (χ3v) is 5.18. The summed E-state index contributed by atoms with van der Waals surface area (Å²) in [7, 11) is 0. The number of fused-ring (bicyclic) bond motifs is 1. The normalized spacial score (nSPS) is 18.2. The van der Waals surface area contributed by atoms with E-state index in [0.29, 0.717) is 12.8 Å². The molecule has 2 unspecified atom stereocenters. The molecule has 2 aromatic carbocycles. The number of carbonyl (C=O) groups excluding carboxylic acids is 2. The zero-order valence-electron chi connectivity index (χ0n) is 17.0. The fraction of sp³-hybridized carbons (Fsp3) is 0.391. The van der Waals surface area contributed by atoms with Crippen molar-refractivity contribution in [2.75, 3.05) is 11.4 Å². The van der Waals surface area contributed by atoms with Gasteiger partial charge < -0.3 is 15.3 Å². The van der Waals surface area contributed by atoms with E-state index in [1.165, 1.54) is 6.92 Å². The Balaban J connectivity index is 0.00000300. The smallest absolute Gasteiger partial charge is 0.244 e. The molecule has 0 aromatic heterocycles. The number of carbonyl (C=O) groups is 2. The molecule has 3 rings (SSSR count). The fourth-order valence-corrected chi connectivity index (χ4v) is 3.81. The van der Waals surface area contributed by atoms with Crippen LogP contribution >= 0.6 is 13.5 Å². The van der Waals surface area contributed by atoms with E-state index in [9.17, 15) is 14.7 Å². The van der Waals surface area contributed by atoms with Gasteiger partial charge in [0.15, 0.2) is 0 Å². The van der Waals surface area contributed by atoms with E-state index >= 15 is 0 Å². The standard InChI is InChI=1S/C23H28N2O3.H2S/c1-16(14-22(27)19-9-4-3-5-10-19)24-20-13-12-18-8-6-7-11-21(18)25(23(20)28)15-17(2)26;/h3-11,16,20,22,24,27H,12-15H2,1-2H3;1H2/t16?,20-,22?;/m0./s1. The minimum Gasteiger partial charge on any atom is -0.388 e. The van der Waals surface area contributed by atoms with Crippen molar-refractivity contribution in [3.63, 3.8) is 0 Å². The van der Waals surface area contributed by atoms with Crippen molar-refractivity contribution in [3.05, 3.63) is 65.7 Å². The van der Waals surface area contributed by atoms with Crippen LogP contribution in [-0.2, 0) is 16.0 Å². The van der Waals surface area contributed by atoms with Crippen LogP contribution in [0.1, 0.15) is 43.9 Å². The number of Topliss-reactive ketones (excluding diaryl/α,β-unsaturated/α-hetero) is 1. The van der Waals surface area contributed by atoms with E-state index in [4.69, 9.17) is 0 Å². The van der Waals surface area contributed by atoms with Gasteiger partial charge in [0.2, 0.25) is 5.91 Å². The Morgan fingerprint density at radius 2 is 1.83 bits per heavy atom. The predicted molar refractivity (Wildman–Crippen MR) is 121 cm³/mol. The van der Waals surface area contributed by atoms with Crippen molar-refractivity contribution in [3.8, 4) is 0 Å². The number of aliphatic hydroxyl groups excluding tert-OH is 1. The number of aliphatic hydroxyl groups is 1. The van der Waals surface area contributed by atoms with Gasteiger partial charge in [-0.2, -0.15) is 13.5 Å². The first kappa shape index (κ1) is 23.1. The van der Waals surface area contributed by atoms with Gasteiger partial charge in [0, 0.05) is 11.7 Å². The van der Waals surface area contributed by atoms with Gasteiger partial charge in [-0.05, 0) is 50.3 Å². The second-order valence-electron chi connectivity index (χ2n) is 7.58. The summed E-state index contributed by atoms with van der Waals surface area (Å²) in [5, 5.41) is 13.9. The topological polar surface area (TPSA) is 69.6 Å². The Morgan fingerprint density at radius 1 is 1.17 bits per heavy atom. The number of para-hydroxylation sites is 1. The number of nitrogens with one attached hydrogen (secondary N) is 1. The summed E-state index contributed by atoms with van der Waals surface area (Å²) in [6, 6.07) is 16.9. The van der Waals surface area contributed by atoms with Crippen LogP contribution in [0.25, 0.3) is 0 Å². The summed E-state index contributed by atoms with van der Waals surface area (Å²) in [4.78, 5) is 26.5. The van der Waals surface area contributed by atoms with Crippen LogP contribution in [0, 0.1) is 0 Å². The third kappa shape index (κ3) is 5.92. The minimum absolute atomic E-state index is 0. The molecule has 5 nitrogen and oxygen atoms in total. The molecule has 0 aliphatic carbocycles. The molecule has 1 aliphatic rings. The van der Waals surface area contributed by atoms with Gasteiger partial charge in [-0.25, -0.2) is 0 Å². The maximum absolute atomic E-state index is 13.2. The highest BCUT2D eigenvalue weighted by Gasteiger charge is 2.31. The monoisotopic (exact) mass is 414 g/mol. The summed E-state index contributed by atoms with van der Waals surface area (Å²) in [5.41, 5.74) is 2.77. The summed E-state index contributed by atoms with van der Waals surface area (Å²) in [6.45, 7) is 3.56. The van der Waals surface area contributed by atoms with Crippen LogP contribution < -0.4 is 10.2 Å². The van der Waals surface area contributed by atoms with Crippen molar-refractivity contribution < 1.29 is 14.7 Å². The Kier molecular flexibility index (Phi) is 8.44. The van der Waals surface area contributed by atoms with E-state index in [1.54, 1.807) is 4.90 Å². The highest BCUT2D eigenvalue weighted by atomic mass is 32.1. The zero-order valence-corrected chi connectivity index (χ0v) is 18.0. The number of amides is 1. The quantitative estimate of drug-likeness (QED) is 0.730. The van der Waals surface area contributed by atoms with Crippen LogP contribution in [0.2, 0.25) is 0 Å². The lowest BCUT2D eigenvalue weighted by Crippen LogP contribution is -2.50. The average molecular weight is 415 g/mol. The molecule has 6 heteroatoms. The van der Waals surface area contributed by atoms with Crippen LogP contribution in [0.5, 0.6) is 0 Å². The predicted octanol–water partition coefficient (Wildman–Crippen LogP) is 3.14. The van der Waals surface area contributed by atoms with Gasteiger partial charge in [0.05, 0.1) is 18.7 Å². The first-order valence-electron chi connectivity index (χ1n) is 9.83. The molecule has 1 amide bonds. The highest BCUT2D eigenvalue weighted by Crippen LogP contribution is 2.27. The van der Waals surface area contributed by atoms with Gasteiger partial charge in [-0.3, -0.25) is 9.59 Å². The van der Waals surface area contributed by atoms with Crippen molar-refractivity contribution in [2.45, 2.75) is 51.3 Å². The molecule has 0 radical (unpaired) electrons. The Morgan fingerprint density at radius 3 is 2.52 bits per heavy atom. The SMILES string of the molecule is CC(=O)CN1C(=O)[C@@H](NC(C)CC(O)c2ccccc2)CCc2ccccc21.S. The third-order valence-electron chi connectivity index (χ3n) is 5.18. The first-order chi connectivity index (χ1) is 13.5.